The molecule has 1 heterocycles. The molecule has 0 radical (unpaired) electrons. The molecular weight excluding hydrogens is 228 g/mol. The molecule has 4 heteroatoms. The van der Waals surface area contributed by atoms with E-state index >= 15 is 0 Å². The van der Waals surface area contributed by atoms with Gasteiger partial charge < -0.3 is 15.8 Å². The Balaban J connectivity index is 1.82. The largest absolute Gasteiger partial charge is 0.376 e. The molecule has 98 valence electrons. The maximum absolute atomic E-state index is 11.8. The van der Waals surface area contributed by atoms with Crippen molar-refractivity contribution in [1.82, 2.24) is 5.32 Å². The van der Waals surface area contributed by atoms with Crippen LogP contribution in [0, 0.1) is 0 Å². The molecule has 1 atom stereocenters. The van der Waals surface area contributed by atoms with Crippen LogP contribution in [0.25, 0.3) is 0 Å². The van der Waals surface area contributed by atoms with E-state index in [1.165, 1.54) is 0 Å². The molecule has 1 fully saturated rings. The van der Waals surface area contributed by atoms with Crippen molar-refractivity contribution in [3.63, 3.8) is 0 Å². The average Bonchev–Trinajstić information content (AvgIpc) is 2.90. The van der Waals surface area contributed by atoms with Crippen molar-refractivity contribution in [1.29, 1.82) is 0 Å². The minimum Gasteiger partial charge on any atom is -0.376 e. The lowest BCUT2D eigenvalue weighted by Gasteiger charge is -2.12. The fraction of sp³-hybridized carbons (Fsp3) is 0.500. The van der Waals surface area contributed by atoms with Crippen LogP contribution in [0.2, 0.25) is 0 Å². The molecule has 0 bridgehead atoms. The lowest BCUT2D eigenvalue weighted by atomic mass is 10.0. The topological polar surface area (TPSA) is 64.4 Å². The number of carbonyl (C=O) groups excluding carboxylic acids is 1. The second-order valence-electron chi connectivity index (χ2n) is 4.59. The van der Waals surface area contributed by atoms with Gasteiger partial charge in [-0.3, -0.25) is 4.79 Å². The summed E-state index contributed by atoms with van der Waals surface area (Å²) in [6.07, 6.45) is 2.72. The van der Waals surface area contributed by atoms with Gasteiger partial charge in [0.15, 0.2) is 0 Å². The van der Waals surface area contributed by atoms with Gasteiger partial charge in [0.1, 0.15) is 0 Å². The maximum Gasteiger partial charge on any atom is 0.224 e. The van der Waals surface area contributed by atoms with E-state index in [9.17, 15) is 4.79 Å². The lowest BCUT2D eigenvalue weighted by Crippen LogP contribution is -2.33. The molecule has 18 heavy (non-hydrogen) atoms. The number of benzene rings is 1. The lowest BCUT2D eigenvalue weighted by molar-refractivity contribution is -0.120. The van der Waals surface area contributed by atoms with Gasteiger partial charge in [-0.1, -0.05) is 24.3 Å². The van der Waals surface area contributed by atoms with Gasteiger partial charge in [0.05, 0.1) is 12.5 Å². The molecule has 0 spiro atoms. The first-order chi connectivity index (χ1) is 8.79. The van der Waals surface area contributed by atoms with Crippen LogP contribution < -0.4 is 11.1 Å². The van der Waals surface area contributed by atoms with Crippen LogP contribution in [0.4, 0.5) is 0 Å². The summed E-state index contributed by atoms with van der Waals surface area (Å²) in [4.78, 5) is 11.8. The highest BCUT2D eigenvalue weighted by molar-refractivity contribution is 5.78. The quantitative estimate of drug-likeness (QED) is 0.816. The van der Waals surface area contributed by atoms with Crippen molar-refractivity contribution in [2.75, 3.05) is 13.2 Å². The Morgan fingerprint density at radius 1 is 1.39 bits per heavy atom. The Morgan fingerprint density at radius 3 is 2.83 bits per heavy atom. The molecule has 1 unspecified atom stereocenters. The van der Waals surface area contributed by atoms with Crippen LogP contribution >= 0.6 is 0 Å². The zero-order valence-corrected chi connectivity index (χ0v) is 10.5. The first-order valence-corrected chi connectivity index (χ1v) is 6.44. The summed E-state index contributed by atoms with van der Waals surface area (Å²) in [5.41, 5.74) is 7.68. The molecule has 4 nitrogen and oxygen atoms in total. The van der Waals surface area contributed by atoms with Crippen LogP contribution in [-0.2, 0) is 22.5 Å². The summed E-state index contributed by atoms with van der Waals surface area (Å²) in [6, 6.07) is 7.79. The Morgan fingerprint density at radius 2 is 2.17 bits per heavy atom. The summed E-state index contributed by atoms with van der Waals surface area (Å²) in [5, 5.41) is 2.92. The summed E-state index contributed by atoms with van der Waals surface area (Å²) in [7, 11) is 0. The fourth-order valence-electron chi connectivity index (χ4n) is 2.20. The molecule has 0 saturated carbocycles. The molecular formula is C14H20N2O2. The van der Waals surface area contributed by atoms with Crippen molar-refractivity contribution in [3.8, 4) is 0 Å². The molecule has 1 amide bonds. The van der Waals surface area contributed by atoms with E-state index in [1.54, 1.807) is 0 Å². The van der Waals surface area contributed by atoms with Gasteiger partial charge in [-0.05, 0) is 24.0 Å². The predicted octanol–water partition coefficient (Wildman–Crippen LogP) is 0.983. The van der Waals surface area contributed by atoms with Crippen LogP contribution in [0.1, 0.15) is 24.0 Å². The normalized spacial score (nSPS) is 18.8. The average molecular weight is 248 g/mol. The fourth-order valence-corrected chi connectivity index (χ4v) is 2.20. The Kier molecular flexibility index (Phi) is 4.73. The van der Waals surface area contributed by atoms with E-state index in [-0.39, 0.29) is 12.0 Å². The Hall–Kier alpha value is -1.39. The molecule has 1 aromatic carbocycles. The highest BCUT2D eigenvalue weighted by atomic mass is 16.5. The second kappa shape index (κ2) is 6.52. The van der Waals surface area contributed by atoms with E-state index in [2.05, 4.69) is 5.32 Å². The van der Waals surface area contributed by atoms with Gasteiger partial charge in [0.25, 0.3) is 0 Å². The smallest absolute Gasteiger partial charge is 0.224 e. The third-order valence-electron chi connectivity index (χ3n) is 3.24. The minimum atomic E-state index is 0.0337. The number of hydrogen-bond acceptors (Lipinski definition) is 3. The first-order valence-electron chi connectivity index (χ1n) is 6.44. The summed E-state index contributed by atoms with van der Waals surface area (Å²) in [6.45, 7) is 1.90. The number of rotatable bonds is 5. The summed E-state index contributed by atoms with van der Waals surface area (Å²) in [5.74, 6) is 0.0337. The Labute approximate surface area is 108 Å². The third kappa shape index (κ3) is 3.55. The highest BCUT2D eigenvalue weighted by Gasteiger charge is 2.16. The van der Waals surface area contributed by atoms with Crippen molar-refractivity contribution >= 4 is 5.91 Å². The molecule has 1 saturated heterocycles. The number of carbonyl (C=O) groups is 1. The van der Waals surface area contributed by atoms with E-state index in [0.717, 1.165) is 30.6 Å². The van der Waals surface area contributed by atoms with E-state index < -0.39 is 0 Å². The first kappa shape index (κ1) is 13.1. The summed E-state index contributed by atoms with van der Waals surface area (Å²) >= 11 is 0. The van der Waals surface area contributed by atoms with Gasteiger partial charge >= 0.3 is 0 Å². The van der Waals surface area contributed by atoms with Crippen molar-refractivity contribution < 1.29 is 9.53 Å². The van der Waals surface area contributed by atoms with Gasteiger partial charge in [-0.15, -0.1) is 0 Å². The monoisotopic (exact) mass is 248 g/mol. The van der Waals surface area contributed by atoms with E-state index in [1.807, 2.05) is 24.3 Å². The number of amides is 1. The SMILES string of the molecule is NCc1ccccc1CC(=O)NCC1CCCO1. The molecule has 1 aliphatic rings. The molecule has 2 rings (SSSR count). The van der Waals surface area contributed by atoms with Crippen molar-refractivity contribution in [3.05, 3.63) is 35.4 Å². The number of nitrogens with two attached hydrogens (primary N) is 1. The summed E-state index contributed by atoms with van der Waals surface area (Å²) < 4.78 is 5.46. The Bertz CT molecular complexity index is 401. The van der Waals surface area contributed by atoms with Crippen LogP contribution in [0.15, 0.2) is 24.3 Å². The molecule has 3 N–H and O–H groups in total. The molecule has 1 aliphatic heterocycles. The molecule has 0 aromatic heterocycles. The van der Waals surface area contributed by atoms with Gasteiger partial charge in [0, 0.05) is 19.7 Å². The van der Waals surface area contributed by atoms with Gasteiger partial charge in [0.2, 0.25) is 5.91 Å². The van der Waals surface area contributed by atoms with E-state index in [4.69, 9.17) is 10.5 Å². The van der Waals surface area contributed by atoms with E-state index in [0.29, 0.717) is 19.5 Å². The van der Waals surface area contributed by atoms with Crippen molar-refractivity contribution in [2.24, 2.45) is 5.73 Å². The van der Waals surface area contributed by atoms with Gasteiger partial charge in [-0.2, -0.15) is 0 Å². The zero-order valence-electron chi connectivity index (χ0n) is 10.5. The van der Waals surface area contributed by atoms with Crippen LogP contribution in [0.5, 0.6) is 0 Å². The van der Waals surface area contributed by atoms with Crippen molar-refractivity contribution in [2.45, 2.75) is 31.9 Å². The zero-order chi connectivity index (χ0) is 12.8. The molecule has 1 aromatic rings. The third-order valence-corrected chi connectivity index (χ3v) is 3.24. The number of nitrogens with one attached hydrogen (secondary N) is 1. The maximum atomic E-state index is 11.8. The predicted molar refractivity (Wildman–Crippen MR) is 70.0 cm³/mol. The number of ether oxygens (including phenoxy) is 1. The van der Waals surface area contributed by atoms with Gasteiger partial charge in [-0.25, -0.2) is 0 Å². The minimum absolute atomic E-state index is 0.0337. The van der Waals surface area contributed by atoms with Crippen LogP contribution in [0.3, 0.4) is 0 Å². The molecule has 0 aliphatic carbocycles. The van der Waals surface area contributed by atoms with Crippen LogP contribution in [-0.4, -0.2) is 25.2 Å². The standard InChI is InChI=1S/C14H20N2O2/c15-9-12-5-2-1-4-11(12)8-14(17)16-10-13-6-3-7-18-13/h1-2,4-5,13H,3,6-10,15H2,(H,16,17). The highest BCUT2D eigenvalue weighted by Crippen LogP contribution is 2.11. The number of hydrogen-bond donors (Lipinski definition) is 2. The second-order valence-corrected chi connectivity index (χ2v) is 4.59.